The first-order chi connectivity index (χ1) is 10.6. The van der Waals surface area contributed by atoms with Crippen LogP contribution in [0.3, 0.4) is 0 Å². The van der Waals surface area contributed by atoms with Crippen molar-refractivity contribution in [2.75, 3.05) is 5.32 Å². The fraction of sp³-hybridized carbons (Fsp3) is 0.111. The first-order valence-corrected chi connectivity index (χ1v) is 7.90. The highest BCUT2D eigenvalue weighted by Gasteiger charge is 2.09. The van der Waals surface area contributed by atoms with E-state index in [2.05, 4.69) is 10.3 Å². The highest BCUT2D eigenvalue weighted by atomic mass is 32.1. The molecule has 3 nitrogen and oxygen atoms in total. The normalized spacial score (nSPS) is 10.5. The quantitative estimate of drug-likeness (QED) is 0.763. The summed E-state index contributed by atoms with van der Waals surface area (Å²) in [7, 11) is 0. The van der Waals surface area contributed by atoms with E-state index in [1.165, 1.54) is 0 Å². The van der Waals surface area contributed by atoms with Crippen LogP contribution in [0.4, 0.5) is 5.69 Å². The number of aryl methyl sites for hydroxylation is 2. The summed E-state index contributed by atoms with van der Waals surface area (Å²) < 4.78 is 0. The number of carbonyl (C=O) groups excluding carboxylic acids is 1. The molecule has 22 heavy (non-hydrogen) atoms. The van der Waals surface area contributed by atoms with Gasteiger partial charge in [0.15, 0.2) is 0 Å². The minimum absolute atomic E-state index is 0.0838. The molecule has 0 fully saturated rings. The second-order valence-electron chi connectivity index (χ2n) is 5.19. The third-order valence-corrected chi connectivity index (χ3v) is 4.27. The standard InChI is InChI=1S/C18H16N2OS/c1-12-3-8-16(13(2)11-12)17(21)20-15-6-4-14(5-7-15)18-19-9-10-22-18/h3-11H,1-2H3,(H,20,21). The Bertz CT molecular complexity index is 792. The topological polar surface area (TPSA) is 42.0 Å². The molecule has 2 aromatic carbocycles. The molecule has 3 rings (SSSR count). The van der Waals surface area contributed by atoms with Gasteiger partial charge in [-0.1, -0.05) is 17.7 Å². The summed E-state index contributed by atoms with van der Waals surface area (Å²) in [5.41, 5.74) is 4.68. The van der Waals surface area contributed by atoms with Crippen molar-refractivity contribution >= 4 is 22.9 Å². The van der Waals surface area contributed by atoms with Gasteiger partial charge in [-0.05, 0) is 49.7 Å². The van der Waals surface area contributed by atoms with Crippen molar-refractivity contribution in [1.82, 2.24) is 4.98 Å². The van der Waals surface area contributed by atoms with Gasteiger partial charge in [0.2, 0.25) is 0 Å². The Balaban J connectivity index is 1.77. The van der Waals surface area contributed by atoms with Crippen LogP contribution in [-0.4, -0.2) is 10.9 Å². The summed E-state index contributed by atoms with van der Waals surface area (Å²) in [5.74, 6) is -0.0838. The first kappa shape index (κ1) is 14.5. The molecule has 4 heteroatoms. The molecule has 0 aliphatic rings. The largest absolute Gasteiger partial charge is 0.322 e. The average Bonchev–Trinajstić information content (AvgIpc) is 3.02. The van der Waals surface area contributed by atoms with Crippen molar-refractivity contribution in [2.24, 2.45) is 0 Å². The molecule has 1 N–H and O–H groups in total. The second-order valence-corrected chi connectivity index (χ2v) is 6.08. The number of hydrogen-bond acceptors (Lipinski definition) is 3. The molecular formula is C18H16N2OS. The molecule has 0 saturated heterocycles. The van der Waals surface area contributed by atoms with E-state index < -0.39 is 0 Å². The van der Waals surface area contributed by atoms with Gasteiger partial charge >= 0.3 is 0 Å². The molecule has 0 atom stereocenters. The summed E-state index contributed by atoms with van der Waals surface area (Å²) in [6, 6.07) is 13.6. The monoisotopic (exact) mass is 308 g/mol. The lowest BCUT2D eigenvalue weighted by Gasteiger charge is -2.09. The molecule has 110 valence electrons. The molecule has 0 radical (unpaired) electrons. The van der Waals surface area contributed by atoms with Gasteiger partial charge in [0, 0.05) is 28.4 Å². The maximum absolute atomic E-state index is 12.3. The van der Waals surface area contributed by atoms with Gasteiger partial charge in [0.05, 0.1) is 0 Å². The number of anilines is 1. The van der Waals surface area contributed by atoms with E-state index in [0.717, 1.165) is 27.4 Å². The zero-order chi connectivity index (χ0) is 15.5. The molecular weight excluding hydrogens is 292 g/mol. The number of amides is 1. The van der Waals surface area contributed by atoms with Crippen molar-refractivity contribution in [2.45, 2.75) is 13.8 Å². The molecule has 1 aromatic heterocycles. The maximum atomic E-state index is 12.3. The van der Waals surface area contributed by atoms with Crippen LogP contribution in [0.25, 0.3) is 10.6 Å². The van der Waals surface area contributed by atoms with Crippen LogP contribution in [0.15, 0.2) is 54.0 Å². The molecule has 0 bridgehead atoms. The van der Waals surface area contributed by atoms with Crippen LogP contribution in [0.1, 0.15) is 21.5 Å². The van der Waals surface area contributed by atoms with Gasteiger partial charge in [-0.15, -0.1) is 11.3 Å². The Morgan fingerprint density at radius 1 is 1.09 bits per heavy atom. The Kier molecular flexibility index (Phi) is 4.02. The summed E-state index contributed by atoms with van der Waals surface area (Å²) in [4.78, 5) is 16.6. The lowest BCUT2D eigenvalue weighted by molar-refractivity contribution is 0.102. The molecule has 3 aromatic rings. The highest BCUT2D eigenvalue weighted by Crippen LogP contribution is 2.23. The lowest BCUT2D eigenvalue weighted by Crippen LogP contribution is -2.13. The van der Waals surface area contributed by atoms with Crippen molar-refractivity contribution in [3.8, 4) is 10.6 Å². The number of benzene rings is 2. The Morgan fingerprint density at radius 2 is 1.86 bits per heavy atom. The van der Waals surface area contributed by atoms with E-state index in [9.17, 15) is 4.79 Å². The predicted molar refractivity (Wildman–Crippen MR) is 91.4 cm³/mol. The van der Waals surface area contributed by atoms with Gasteiger partial charge in [0.25, 0.3) is 5.91 Å². The summed E-state index contributed by atoms with van der Waals surface area (Å²) in [5, 5.41) is 5.86. The number of hydrogen-bond donors (Lipinski definition) is 1. The van der Waals surface area contributed by atoms with Crippen LogP contribution in [0, 0.1) is 13.8 Å². The average molecular weight is 308 g/mol. The Hall–Kier alpha value is -2.46. The molecule has 1 heterocycles. The van der Waals surface area contributed by atoms with Crippen molar-refractivity contribution in [3.63, 3.8) is 0 Å². The number of carbonyl (C=O) groups is 1. The van der Waals surface area contributed by atoms with Crippen molar-refractivity contribution < 1.29 is 4.79 Å². The molecule has 0 saturated carbocycles. The molecule has 0 unspecified atom stereocenters. The van der Waals surface area contributed by atoms with Crippen LogP contribution >= 0.6 is 11.3 Å². The number of aromatic nitrogens is 1. The molecule has 0 aliphatic heterocycles. The van der Waals surface area contributed by atoms with Crippen LogP contribution in [0.5, 0.6) is 0 Å². The predicted octanol–water partition coefficient (Wildman–Crippen LogP) is 4.68. The number of nitrogens with zero attached hydrogens (tertiary/aromatic N) is 1. The fourth-order valence-electron chi connectivity index (χ4n) is 2.33. The minimum Gasteiger partial charge on any atom is -0.322 e. The minimum atomic E-state index is -0.0838. The molecule has 0 aliphatic carbocycles. The van der Waals surface area contributed by atoms with E-state index >= 15 is 0 Å². The number of nitrogens with one attached hydrogen (secondary N) is 1. The SMILES string of the molecule is Cc1ccc(C(=O)Nc2ccc(-c3nccs3)cc2)c(C)c1. The first-order valence-electron chi connectivity index (χ1n) is 7.02. The van der Waals surface area contributed by atoms with Gasteiger partial charge in [-0.25, -0.2) is 4.98 Å². The van der Waals surface area contributed by atoms with Crippen LogP contribution < -0.4 is 5.32 Å². The zero-order valence-corrected chi connectivity index (χ0v) is 13.3. The summed E-state index contributed by atoms with van der Waals surface area (Å²) >= 11 is 1.60. The van der Waals surface area contributed by atoms with E-state index in [4.69, 9.17) is 0 Å². The van der Waals surface area contributed by atoms with E-state index in [-0.39, 0.29) is 5.91 Å². The smallest absolute Gasteiger partial charge is 0.255 e. The van der Waals surface area contributed by atoms with Gasteiger partial charge in [-0.3, -0.25) is 4.79 Å². The highest BCUT2D eigenvalue weighted by molar-refractivity contribution is 7.13. The molecule has 1 amide bonds. The lowest BCUT2D eigenvalue weighted by atomic mass is 10.1. The van der Waals surface area contributed by atoms with Gasteiger partial charge < -0.3 is 5.32 Å². The van der Waals surface area contributed by atoms with Gasteiger partial charge in [0.1, 0.15) is 5.01 Å². The fourth-order valence-corrected chi connectivity index (χ4v) is 2.97. The van der Waals surface area contributed by atoms with E-state index in [0.29, 0.717) is 5.56 Å². The summed E-state index contributed by atoms with van der Waals surface area (Å²) in [6.45, 7) is 3.97. The van der Waals surface area contributed by atoms with E-state index in [1.807, 2.05) is 61.7 Å². The summed E-state index contributed by atoms with van der Waals surface area (Å²) in [6.07, 6.45) is 1.79. The third-order valence-electron chi connectivity index (χ3n) is 3.45. The number of thiazole rings is 1. The van der Waals surface area contributed by atoms with Crippen LogP contribution in [-0.2, 0) is 0 Å². The van der Waals surface area contributed by atoms with Crippen molar-refractivity contribution in [3.05, 3.63) is 70.7 Å². The zero-order valence-electron chi connectivity index (χ0n) is 12.5. The number of rotatable bonds is 3. The Labute approximate surface area is 133 Å². The van der Waals surface area contributed by atoms with Crippen molar-refractivity contribution in [1.29, 1.82) is 0 Å². The van der Waals surface area contributed by atoms with E-state index in [1.54, 1.807) is 17.5 Å². The van der Waals surface area contributed by atoms with Gasteiger partial charge in [-0.2, -0.15) is 0 Å². The molecule has 0 spiro atoms. The maximum Gasteiger partial charge on any atom is 0.255 e. The van der Waals surface area contributed by atoms with Crippen LogP contribution in [0.2, 0.25) is 0 Å². The third kappa shape index (κ3) is 3.07. The second kappa shape index (κ2) is 6.12. The Morgan fingerprint density at radius 3 is 2.50 bits per heavy atom.